The fraction of sp³-hybridized carbons (Fsp3) is 0.667. The highest BCUT2D eigenvalue weighted by atomic mass is 15.2. The van der Waals surface area contributed by atoms with Crippen molar-refractivity contribution < 1.29 is 0 Å². The summed E-state index contributed by atoms with van der Waals surface area (Å²) in [7, 11) is 2.30. The van der Waals surface area contributed by atoms with E-state index in [4.69, 9.17) is 5.73 Å². The molecule has 3 atom stereocenters. The van der Waals surface area contributed by atoms with Crippen LogP contribution >= 0.6 is 0 Å². The third-order valence-electron chi connectivity index (χ3n) is 5.47. The lowest BCUT2D eigenvalue weighted by molar-refractivity contribution is 0.102. The molecule has 116 valence electrons. The average Bonchev–Trinajstić information content (AvgIpc) is 2.54. The predicted octanol–water partition coefficient (Wildman–Crippen LogP) is 3.02. The summed E-state index contributed by atoms with van der Waals surface area (Å²) in [5.74, 6) is 0.843. The number of anilines is 1. The SMILES string of the molecule is CC[C@@H](N)c1ccc(N2CCC3C(CCCN3C)C2)cc1. The number of benzene rings is 1. The second-order valence-electron chi connectivity index (χ2n) is 6.79. The third-order valence-corrected chi connectivity index (χ3v) is 5.47. The number of fused-ring (bicyclic) bond motifs is 1. The van der Waals surface area contributed by atoms with Crippen molar-refractivity contribution in [1.82, 2.24) is 4.90 Å². The minimum absolute atomic E-state index is 0.178. The van der Waals surface area contributed by atoms with Crippen LogP contribution in [-0.4, -0.2) is 37.6 Å². The van der Waals surface area contributed by atoms with Crippen LogP contribution in [0.25, 0.3) is 0 Å². The van der Waals surface area contributed by atoms with E-state index in [0.29, 0.717) is 0 Å². The van der Waals surface area contributed by atoms with E-state index < -0.39 is 0 Å². The number of piperidine rings is 2. The molecule has 2 aliphatic heterocycles. The number of nitrogens with zero attached hydrogens (tertiary/aromatic N) is 2. The standard InChI is InChI=1S/C18H29N3/c1-3-17(19)14-6-8-16(9-7-14)21-12-10-18-15(13-21)5-4-11-20(18)2/h6-9,15,17-18H,3-5,10-13,19H2,1-2H3/t15?,17-,18?/m1/s1. The highest BCUT2D eigenvalue weighted by Crippen LogP contribution is 2.32. The molecule has 3 nitrogen and oxygen atoms in total. The van der Waals surface area contributed by atoms with Crippen LogP contribution in [0.3, 0.4) is 0 Å². The Balaban J connectivity index is 1.68. The lowest BCUT2D eigenvalue weighted by Crippen LogP contribution is -2.52. The number of hydrogen-bond donors (Lipinski definition) is 1. The van der Waals surface area contributed by atoms with E-state index in [1.807, 2.05) is 0 Å². The summed E-state index contributed by atoms with van der Waals surface area (Å²) in [5, 5.41) is 0. The molecule has 0 aliphatic carbocycles. The van der Waals surface area contributed by atoms with E-state index in [2.05, 4.69) is 48.0 Å². The highest BCUT2D eigenvalue weighted by Gasteiger charge is 2.34. The van der Waals surface area contributed by atoms with E-state index in [9.17, 15) is 0 Å². The van der Waals surface area contributed by atoms with Crippen molar-refractivity contribution in [3.63, 3.8) is 0 Å². The molecule has 1 aromatic carbocycles. The van der Waals surface area contributed by atoms with Crippen molar-refractivity contribution in [3.8, 4) is 0 Å². The van der Waals surface area contributed by atoms with Crippen molar-refractivity contribution in [2.75, 3.05) is 31.6 Å². The Hall–Kier alpha value is -1.06. The maximum Gasteiger partial charge on any atom is 0.0366 e. The summed E-state index contributed by atoms with van der Waals surface area (Å²) in [5.41, 5.74) is 8.73. The van der Waals surface area contributed by atoms with Gasteiger partial charge in [-0.25, -0.2) is 0 Å². The van der Waals surface area contributed by atoms with Gasteiger partial charge >= 0.3 is 0 Å². The number of rotatable bonds is 3. The van der Waals surface area contributed by atoms with Gasteiger partial charge in [0, 0.05) is 30.9 Å². The highest BCUT2D eigenvalue weighted by molar-refractivity contribution is 5.48. The Morgan fingerprint density at radius 3 is 2.67 bits per heavy atom. The lowest BCUT2D eigenvalue weighted by Gasteiger charge is -2.46. The molecule has 0 saturated carbocycles. The van der Waals surface area contributed by atoms with Crippen molar-refractivity contribution in [1.29, 1.82) is 0 Å². The largest absolute Gasteiger partial charge is 0.371 e. The number of likely N-dealkylation sites (tertiary alicyclic amines) is 1. The Kier molecular flexibility index (Phi) is 4.51. The van der Waals surface area contributed by atoms with Gasteiger partial charge in [-0.3, -0.25) is 0 Å². The second kappa shape index (κ2) is 6.37. The average molecular weight is 287 g/mol. The Morgan fingerprint density at radius 1 is 1.19 bits per heavy atom. The Morgan fingerprint density at radius 2 is 1.95 bits per heavy atom. The zero-order valence-electron chi connectivity index (χ0n) is 13.5. The number of nitrogens with two attached hydrogens (primary N) is 1. The zero-order valence-corrected chi connectivity index (χ0v) is 13.5. The Bertz CT molecular complexity index is 456. The fourth-order valence-electron chi connectivity index (χ4n) is 4.06. The second-order valence-corrected chi connectivity index (χ2v) is 6.79. The van der Waals surface area contributed by atoms with Gasteiger partial charge in [0.1, 0.15) is 0 Å². The van der Waals surface area contributed by atoms with Gasteiger partial charge in [-0.05, 0) is 62.9 Å². The molecule has 3 rings (SSSR count). The molecule has 2 N–H and O–H groups in total. The van der Waals surface area contributed by atoms with Crippen molar-refractivity contribution >= 4 is 5.69 Å². The van der Waals surface area contributed by atoms with Crippen molar-refractivity contribution in [3.05, 3.63) is 29.8 Å². The quantitative estimate of drug-likeness (QED) is 0.927. The minimum atomic E-state index is 0.178. The molecule has 0 bridgehead atoms. The summed E-state index contributed by atoms with van der Waals surface area (Å²) in [6, 6.07) is 9.93. The minimum Gasteiger partial charge on any atom is -0.371 e. The van der Waals surface area contributed by atoms with Gasteiger partial charge in [-0.15, -0.1) is 0 Å². The van der Waals surface area contributed by atoms with Crippen LogP contribution in [0.2, 0.25) is 0 Å². The Labute approximate surface area is 129 Å². The van der Waals surface area contributed by atoms with Crippen molar-refractivity contribution in [2.24, 2.45) is 11.7 Å². The maximum absolute atomic E-state index is 6.11. The molecular weight excluding hydrogens is 258 g/mol. The van der Waals surface area contributed by atoms with Crippen LogP contribution in [0, 0.1) is 5.92 Å². The third kappa shape index (κ3) is 3.09. The molecule has 0 spiro atoms. The van der Waals surface area contributed by atoms with Gasteiger partial charge < -0.3 is 15.5 Å². The molecule has 0 aromatic heterocycles. The summed E-state index contributed by atoms with van der Waals surface area (Å²) >= 11 is 0. The van der Waals surface area contributed by atoms with Gasteiger partial charge in [-0.2, -0.15) is 0 Å². The van der Waals surface area contributed by atoms with E-state index in [1.54, 1.807) is 0 Å². The van der Waals surface area contributed by atoms with Crippen LogP contribution in [0.4, 0.5) is 5.69 Å². The van der Waals surface area contributed by atoms with Crippen LogP contribution in [0.5, 0.6) is 0 Å². The van der Waals surface area contributed by atoms with E-state index in [-0.39, 0.29) is 6.04 Å². The van der Waals surface area contributed by atoms with Gasteiger partial charge in [0.15, 0.2) is 0 Å². The first-order valence-corrected chi connectivity index (χ1v) is 8.49. The molecule has 2 heterocycles. The van der Waals surface area contributed by atoms with Gasteiger partial charge in [0.05, 0.1) is 0 Å². The first kappa shape index (κ1) is 14.9. The van der Waals surface area contributed by atoms with Crippen LogP contribution in [0.15, 0.2) is 24.3 Å². The summed E-state index contributed by atoms with van der Waals surface area (Å²) in [6.07, 6.45) is 5.05. The van der Waals surface area contributed by atoms with Crippen molar-refractivity contribution in [2.45, 2.75) is 44.7 Å². The van der Waals surface area contributed by atoms with Crippen LogP contribution in [0.1, 0.15) is 44.2 Å². The first-order chi connectivity index (χ1) is 10.2. The monoisotopic (exact) mass is 287 g/mol. The normalized spacial score (nSPS) is 28.2. The van der Waals surface area contributed by atoms with Crippen LogP contribution < -0.4 is 10.6 Å². The lowest BCUT2D eigenvalue weighted by atomic mass is 9.84. The smallest absolute Gasteiger partial charge is 0.0366 e. The van der Waals surface area contributed by atoms with Crippen LogP contribution in [-0.2, 0) is 0 Å². The molecule has 2 saturated heterocycles. The molecule has 3 heteroatoms. The molecule has 0 radical (unpaired) electrons. The van der Waals surface area contributed by atoms with Gasteiger partial charge in [-0.1, -0.05) is 19.1 Å². The fourth-order valence-corrected chi connectivity index (χ4v) is 4.06. The van der Waals surface area contributed by atoms with E-state index in [0.717, 1.165) is 18.4 Å². The summed E-state index contributed by atoms with van der Waals surface area (Å²) < 4.78 is 0. The molecule has 2 unspecified atom stereocenters. The predicted molar refractivity (Wildman–Crippen MR) is 89.6 cm³/mol. The first-order valence-electron chi connectivity index (χ1n) is 8.49. The number of hydrogen-bond acceptors (Lipinski definition) is 3. The molecule has 0 amide bonds. The molecule has 1 aromatic rings. The van der Waals surface area contributed by atoms with Gasteiger partial charge in [0.25, 0.3) is 0 Å². The molecule has 2 aliphatic rings. The van der Waals surface area contributed by atoms with E-state index >= 15 is 0 Å². The molecular formula is C18H29N3. The maximum atomic E-state index is 6.11. The summed E-state index contributed by atoms with van der Waals surface area (Å²) in [6.45, 7) is 5.83. The summed E-state index contributed by atoms with van der Waals surface area (Å²) in [4.78, 5) is 5.15. The molecule has 21 heavy (non-hydrogen) atoms. The topological polar surface area (TPSA) is 32.5 Å². The van der Waals surface area contributed by atoms with Gasteiger partial charge in [0.2, 0.25) is 0 Å². The van der Waals surface area contributed by atoms with E-state index in [1.165, 1.54) is 50.1 Å². The zero-order chi connectivity index (χ0) is 14.8. The molecule has 2 fully saturated rings.